The normalized spacial score (nSPS) is 26.1. The standard InChI is InChI=1S/C12H15ClO6/c1-6(14)17-10-4-9(13)5-11(18-7(2)15)12(10)19-8(3)16/h4,10-12H,5H2,1-3H3/t10-,11-,12-/m1/s1. The molecule has 0 aromatic carbocycles. The number of rotatable bonds is 3. The number of esters is 3. The van der Waals surface area contributed by atoms with E-state index in [-0.39, 0.29) is 6.42 Å². The van der Waals surface area contributed by atoms with Crippen LogP contribution in [0.4, 0.5) is 0 Å². The van der Waals surface area contributed by atoms with Crippen LogP contribution in [0.25, 0.3) is 0 Å². The molecule has 106 valence electrons. The van der Waals surface area contributed by atoms with Crippen LogP contribution in [0.3, 0.4) is 0 Å². The maximum absolute atomic E-state index is 11.1. The summed E-state index contributed by atoms with van der Waals surface area (Å²) in [6.07, 6.45) is -0.865. The van der Waals surface area contributed by atoms with E-state index in [1.165, 1.54) is 26.8 Å². The molecular formula is C12H15ClO6. The second-order valence-electron chi connectivity index (χ2n) is 4.11. The van der Waals surface area contributed by atoms with E-state index in [1.54, 1.807) is 0 Å². The molecule has 0 aliphatic heterocycles. The number of ether oxygens (including phenoxy) is 3. The topological polar surface area (TPSA) is 78.9 Å². The quantitative estimate of drug-likeness (QED) is 0.576. The van der Waals surface area contributed by atoms with Gasteiger partial charge in [-0.05, 0) is 6.08 Å². The van der Waals surface area contributed by atoms with E-state index in [0.29, 0.717) is 5.03 Å². The predicted octanol–water partition coefficient (Wildman–Crippen LogP) is 1.31. The van der Waals surface area contributed by atoms with Crippen LogP contribution in [0.2, 0.25) is 0 Å². The first-order chi connectivity index (χ1) is 8.79. The van der Waals surface area contributed by atoms with Gasteiger partial charge in [-0.25, -0.2) is 0 Å². The second-order valence-corrected chi connectivity index (χ2v) is 4.60. The van der Waals surface area contributed by atoms with Crippen molar-refractivity contribution in [2.24, 2.45) is 0 Å². The zero-order chi connectivity index (χ0) is 14.6. The number of hydrogen-bond donors (Lipinski definition) is 0. The van der Waals surface area contributed by atoms with Gasteiger partial charge in [0.25, 0.3) is 0 Å². The molecule has 0 spiro atoms. The van der Waals surface area contributed by atoms with Gasteiger partial charge in [0.05, 0.1) is 0 Å². The summed E-state index contributed by atoms with van der Waals surface area (Å²) in [5, 5.41) is 0.376. The smallest absolute Gasteiger partial charge is 0.303 e. The minimum Gasteiger partial charge on any atom is -0.458 e. The van der Waals surface area contributed by atoms with Crippen LogP contribution in [-0.2, 0) is 28.6 Å². The van der Waals surface area contributed by atoms with Gasteiger partial charge in [0.2, 0.25) is 0 Å². The SMILES string of the molecule is CC(=O)O[C@@H]1[C@H](OC(C)=O)C=C(Cl)C[C@H]1OC(C)=O. The molecular weight excluding hydrogens is 276 g/mol. The van der Waals surface area contributed by atoms with Gasteiger partial charge in [-0.2, -0.15) is 0 Å². The number of carbonyl (C=O) groups is 3. The van der Waals surface area contributed by atoms with Crippen molar-refractivity contribution in [3.63, 3.8) is 0 Å². The van der Waals surface area contributed by atoms with E-state index in [9.17, 15) is 14.4 Å². The van der Waals surface area contributed by atoms with Crippen molar-refractivity contribution in [1.29, 1.82) is 0 Å². The fourth-order valence-electron chi connectivity index (χ4n) is 1.81. The average molecular weight is 291 g/mol. The monoisotopic (exact) mass is 290 g/mol. The Labute approximate surface area is 115 Å². The highest BCUT2D eigenvalue weighted by Gasteiger charge is 2.39. The molecule has 0 bridgehead atoms. The minimum absolute atomic E-state index is 0.205. The summed E-state index contributed by atoms with van der Waals surface area (Å²) in [6, 6.07) is 0. The Morgan fingerprint density at radius 3 is 2.05 bits per heavy atom. The van der Waals surface area contributed by atoms with E-state index in [1.807, 2.05) is 0 Å². The van der Waals surface area contributed by atoms with Crippen molar-refractivity contribution in [3.8, 4) is 0 Å². The first-order valence-corrected chi connectivity index (χ1v) is 6.05. The maximum atomic E-state index is 11.1. The summed E-state index contributed by atoms with van der Waals surface area (Å²) in [5.41, 5.74) is 0. The van der Waals surface area contributed by atoms with Gasteiger partial charge in [-0.15, -0.1) is 0 Å². The van der Waals surface area contributed by atoms with E-state index >= 15 is 0 Å². The summed E-state index contributed by atoms with van der Waals surface area (Å²) in [7, 11) is 0. The average Bonchev–Trinajstić information content (AvgIpc) is 2.20. The third kappa shape index (κ3) is 4.90. The van der Waals surface area contributed by atoms with Crippen LogP contribution in [0, 0.1) is 0 Å². The molecule has 0 N–H and O–H groups in total. The van der Waals surface area contributed by atoms with E-state index < -0.39 is 36.2 Å². The van der Waals surface area contributed by atoms with E-state index in [0.717, 1.165) is 0 Å². The summed E-state index contributed by atoms with van der Waals surface area (Å²) < 4.78 is 15.1. The van der Waals surface area contributed by atoms with Crippen molar-refractivity contribution >= 4 is 29.5 Å². The lowest BCUT2D eigenvalue weighted by atomic mass is 9.97. The molecule has 0 amide bonds. The minimum atomic E-state index is -0.896. The van der Waals surface area contributed by atoms with Gasteiger partial charge in [-0.3, -0.25) is 14.4 Å². The number of halogens is 1. The highest BCUT2D eigenvalue weighted by atomic mass is 35.5. The molecule has 3 atom stereocenters. The molecule has 0 heterocycles. The molecule has 1 aliphatic rings. The molecule has 0 aromatic rings. The summed E-state index contributed by atoms with van der Waals surface area (Å²) >= 11 is 5.91. The summed E-state index contributed by atoms with van der Waals surface area (Å²) in [6.45, 7) is 3.68. The van der Waals surface area contributed by atoms with Crippen molar-refractivity contribution < 1.29 is 28.6 Å². The van der Waals surface area contributed by atoms with E-state index in [2.05, 4.69) is 0 Å². The van der Waals surface area contributed by atoms with E-state index in [4.69, 9.17) is 25.8 Å². The lowest BCUT2D eigenvalue weighted by Crippen LogP contribution is -2.46. The van der Waals surface area contributed by atoms with Crippen molar-refractivity contribution in [2.45, 2.75) is 45.5 Å². The molecule has 0 saturated carbocycles. The van der Waals surface area contributed by atoms with Gasteiger partial charge in [0.15, 0.2) is 12.2 Å². The third-order valence-electron chi connectivity index (χ3n) is 2.35. The van der Waals surface area contributed by atoms with Gasteiger partial charge in [0.1, 0.15) is 6.10 Å². The molecule has 1 aliphatic carbocycles. The molecule has 0 radical (unpaired) electrons. The Morgan fingerprint density at radius 2 is 1.58 bits per heavy atom. The molecule has 19 heavy (non-hydrogen) atoms. The second kappa shape index (κ2) is 6.56. The maximum Gasteiger partial charge on any atom is 0.303 e. The van der Waals surface area contributed by atoms with Crippen molar-refractivity contribution in [1.82, 2.24) is 0 Å². The Balaban J connectivity index is 2.96. The van der Waals surface area contributed by atoms with Gasteiger partial charge in [-0.1, -0.05) is 11.6 Å². The lowest BCUT2D eigenvalue weighted by molar-refractivity contribution is -0.179. The first kappa shape index (κ1) is 15.5. The predicted molar refractivity (Wildman–Crippen MR) is 65.2 cm³/mol. The van der Waals surface area contributed by atoms with Crippen LogP contribution in [0.15, 0.2) is 11.1 Å². The molecule has 7 heteroatoms. The highest BCUT2D eigenvalue weighted by Crippen LogP contribution is 2.28. The Bertz CT molecular complexity index is 416. The molecule has 0 saturated heterocycles. The summed E-state index contributed by atoms with van der Waals surface area (Å²) in [5.74, 6) is -1.65. The molecule has 6 nitrogen and oxygen atoms in total. The van der Waals surface area contributed by atoms with Gasteiger partial charge < -0.3 is 14.2 Å². The third-order valence-corrected chi connectivity index (χ3v) is 2.63. The van der Waals surface area contributed by atoms with Crippen molar-refractivity contribution in [2.75, 3.05) is 0 Å². The number of hydrogen-bond acceptors (Lipinski definition) is 6. The molecule has 1 rings (SSSR count). The Hall–Kier alpha value is -1.56. The molecule has 0 aromatic heterocycles. The molecule has 0 fully saturated rings. The van der Waals surface area contributed by atoms with Crippen LogP contribution >= 0.6 is 11.6 Å². The zero-order valence-electron chi connectivity index (χ0n) is 10.8. The van der Waals surface area contributed by atoms with Gasteiger partial charge in [0, 0.05) is 32.2 Å². The Morgan fingerprint density at radius 1 is 1.05 bits per heavy atom. The van der Waals surface area contributed by atoms with Gasteiger partial charge >= 0.3 is 17.9 Å². The first-order valence-electron chi connectivity index (χ1n) is 5.67. The number of carbonyl (C=O) groups excluding carboxylic acids is 3. The Kier molecular flexibility index (Phi) is 5.35. The lowest BCUT2D eigenvalue weighted by Gasteiger charge is -2.33. The fourth-order valence-corrected chi connectivity index (χ4v) is 2.09. The fraction of sp³-hybridized carbons (Fsp3) is 0.583. The molecule has 0 unspecified atom stereocenters. The van der Waals surface area contributed by atoms with Crippen LogP contribution < -0.4 is 0 Å². The highest BCUT2D eigenvalue weighted by molar-refractivity contribution is 6.29. The van der Waals surface area contributed by atoms with Crippen LogP contribution in [0.1, 0.15) is 27.2 Å². The zero-order valence-corrected chi connectivity index (χ0v) is 11.6. The summed E-state index contributed by atoms with van der Waals surface area (Å²) in [4.78, 5) is 33.2. The van der Waals surface area contributed by atoms with Crippen molar-refractivity contribution in [3.05, 3.63) is 11.1 Å². The largest absolute Gasteiger partial charge is 0.458 e. The van der Waals surface area contributed by atoms with Crippen LogP contribution in [-0.4, -0.2) is 36.2 Å². The van der Waals surface area contributed by atoms with Crippen LogP contribution in [0.5, 0.6) is 0 Å².